The molecule has 3 rings (SSSR count). The second-order valence-electron chi connectivity index (χ2n) is 6.70. The molecule has 2 aromatic rings. The van der Waals surface area contributed by atoms with Crippen molar-refractivity contribution in [1.29, 1.82) is 0 Å². The highest BCUT2D eigenvalue weighted by Crippen LogP contribution is 2.28. The third-order valence-electron chi connectivity index (χ3n) is 4.87. The first kappa shape index (κ1) is 20.1. The van der Waals surface area contributed by atoms with E-state index in [0.717, 1.165) is 29.4 Å². The van der Waals surface area contributed by atoms with Gasteiger partial charge < -0.3 is 19.3 Å². The predicted molar refractivity (Wildman–Crippen MR) is 113 cm³/mol. The monoisotopic (exact) mass is 400 g/mol. The first-order valence-electron chi connectivity index (χ1n) is 9.22. The number of halogens is 1. The maximum absolute atomic E-state index is 12.8. The normalized spacial score (nSPS) is 14.8. The van der Waals surface area contributed by atoms with Gasteiger partial charge in [0.25, 0.3) is 0 Å². The van der Waals surface area contributed by atoms with Gasteiger partial charge in [0, 0.05) is 42.5 Å². The lowest BCUT2D eigenvalue weighted by Crippen LogP contribution is -2.49. The van der Waals surface area contributed by atoms with Crippen LogP contribution in [0.25, 0.3) is 6.08 Å². The van der Waals surface area contributed by atoms with Gasteiger partial charge in [-0.2, -0.15) is 0 Å². The molecule has 0 aliphatic carbocycles. The molecule has 0 unspecified atom stereocenters. The summed E-state index contributed by atoms with van der Waals surface area (Å²) < 4.78 is 10.6. The van der Waals surface area contributed by atoms with Gasteiger partial charge in [0.15, 0.2) is 11.5 Å². The van der Waals surface area contributed by atoms with Crippen LogP contribution in [0, 0.1) is 0 Å². The number of benzene rings is 2. The van der Waals surface area contributed by atoms with Crippen LogP contribution in [0.3, 0.4) is 0 Å². The van der Waals surface area contributed by atoms with Crippen LogP contribution in [0.4, 0.5) is 5.69 Å². The van der Waals surface area contributed by atoms with E-state index in [9.17, 15) is 4.79 Å². The molecule has 1 amide bonds. The Morgan fingerprint density at radius 3 is 2.36 bits per heavy atom. The SMILES string of the molecule is COc1ccc(/C=C(\C)C(=O)N2CCN(c3cccc(Cl)c3)CC2)cc1OC. The number of anilines is 1. The molecule has 0 spiro atoms. The second kappa shape index (κ2) is 9.02. The average Bonchev–Trinajstić information content (AvgIpc) is 2.73. The van der Waals surface area contributed by atoms with Crippen LogP contribution in [-0.2, 0) is 4.79 Å². The molecule has 2 aromatic carbocycles. The number of hydrogen-bond acceptors (Lipinski definition) is 4. The van der Waals surface area contributed by atoms with Crippen molar-refractivity contribution >= 4 is 29.3 Å². The number of carbonyl (C=O) groups is 1. The first-order chi connectivity index (χ1) is 13.5. The number of hydrogen-bond donors (Lipinski definition) is 0. The van der Waals surface area contributed by atoms with Crippen molar-refractivity contribution in [1.82, 2.24) is 4.90 Å². The third-order valence-corrected chi connectivity index (χ3v) is 5.10. The molecule has 0 bridgehead atoms. The number of carbonyl (C=O) groups excluding carboxylic acids is 1. The minimum atomic E-state index is 0.0560. The van der Waals surface area contributed by atoms with Gasteiger partial charge in [0.2, 0.25) is 5.91 Å². The largest absolute Gasteiger partial charge is 0.493 e. The highest BCUT2D eigenvalue weighted by atomic mass is 35.5. The molecule has 1 aliphatic heterocycles. The fourth-order valence-corrected chi connectivity index (χ4v) is 3.53. The van der Waals surface area contributed by atoms with Gasteiger partial charge in [-0.15, -0.1) is 0 Å². The molecular weight excluding hydrogens is 376 g/mol. The molecule has 28 heavy (non-hydrogen) atoms. The van der Waals surface area contributed by atoms with Crippen molar-refractivity contribution in [3.05, 3.63) is 58.6 Å². The van der Waals surface area contributed by atoms with Crippen LogP contribution in [0.5, 0.6) is 11.5 Å². The first-order valence-corrected chi connectivity index (χ1v) is 9.59. The highest BCUT2D eigenvalue weighted by molar-refractivity contribution is 6.30. The predicted octanol–water partition coefficient (Wildman–Crippen LogP) is 4.11. The summed E-state index contributed by atoms with van der Waals surface area (Å²) in [6, 6.07) is 13.4. The van der Waals surface area contributed by atoms with Crippen molar-refractivity contribution in [2.24, 2.45) is 0 Å². The third kappa shape index (κ3) is 4.60. The molecule has 6 heteroatoms. The fraction of sp³-hybridized carbons (Fsp3) is 0.318. The average molecular weight is 401 g/mol. The van der Waals surface area contributed by atoms with Crippen molar-refractivity contribution in [2.45, 2.75) is 6.92 Å². The van der Waals surface area contributed by atoms with Crippen molar-refractivity contribution < 1.29 is 14.3 Å². The summed E-state index contributed by atoms with van der Waals surface area (Å²) in [6.45, 7) is 4.79. The molecule has 0 radical (unpaired) electrons. The Bertz CT molecular complexity index is 874. The molecule has 1 fully saturated rings. The van der Waals surface area contributed by atoms with E-state index in [-0.39, 0.29) is 5.91 Å². The lowest BCUT2D eigenvalue weighted by atomic mass is 10.1. The summed E-state index contributed by atoms with van der Waals surface area (Å²) in [7, 11) is 3.20. The zero-order chi connectivity index (χ0) is 20.1. The number of rotatable bonds is 5. The molecule has 0 aromatic heterocycles. The van der Waals surface area contributed by atoms with Crippen molar-refractivity contribution in [3.63, 3.8) is 0 Å². The maximum atomic E-state index is 12.8. The van der Waals surface area contributed by atoms with E-state index in [1.54, 1.807) is 14.2 Å². The van der Waals surface area contributed by atoms with Crippen molar-refractivity contribution in [3.8, 4) is 11.5 Å². The van der Waals surface area contributed by atoms with Gasteiger partial charge >= 0.3 is 0 Å². The second-order valence-corrected chi connectivity index (χ2v) is 7.14. The molecule has 0 atom stereocenters. The van der Waals surface area contributed by atoms with E-state index in [0.29, 0.717) is 30.2 Å². The number of ether oxygens (including phenoxy) is 2. The summed E-state index contributed by atoms with van der Waals surface area (Å²) >= 11 is 6.09. The zero-order valence-corrected chi connectivity index (χ0v) is 17.2. The Kier molecular flexibility index (Phi) is 6.47. The Morgan fingerprint density at radius 2 is 1.71 bits per heavy atom. The summed E-state index contributed by atoms with van der Waals surface area (Å²) in [4.78, 5) is 17.0. The standard InChI is InChI=1S/C22H25ClN2O3/c1-16(13-17-7-8-20(27-2)21(14-17)28-3)22(26)25-11-9-24(10-12-25)19-6-4-5-18(23)15-19/h4-8,13-15H,9-12H2,1-3H3/b16-13+. The lowest BCUT2D eigenvalue weighted by Gasteiger charge is -2.36. The van der Waals surface area contributed by atoms with Crippen LogP contribution in [0.1, 0.15) is 12.5 Å². The summed E-state index contributed by atoms with van der Waals surface area (Å²) in [6.07, 6.45) is 1.88. The van der Waals surface area contributed by atoms with E-state index in [4.69, 9.17) is 21.1 Å². The van der Waals surface area contributed by atoms with Crippen LogP contribution in [0.15, 0.2) is 48.0 Å². The minimum Gasteiger partial charge on any atom is -0.493 e. The number of nitrogens with zero attached hydrogens (tertiary/aromatic N) is 2. The maximum Gasteiger partial charge on any atom is 0.249 e. The molecular formula is C22H25ClN2O3. The molecule has 5 nitrogen and oxygen atoms in total. The van der Waals surface area contributed by atoms with Crippen molar-refractivity contribution in [2.75, 3.05) is 45.3 Å². The van der Waals surface area contributed by atoms with E-state index in [1.165, 1.54) is 0 Å². The molecule has 1 saturated heterocycles. The van der Waals surface area contributed by atoms with E-state index < -0.39 is 0 Å². The van der Waals surface area contributed by atoms with E-state index in [1.807, 2.05) is 60.4 Å². The Labute approximate surface area is 171 Å². The Morgan fingerprint density at radius 1 is 1.00 bits per heavy atom. The van der Waals surface area contributed by atoms with Gasteiger partial charge in [-0.3, -0.25) is 4.79 Å². The van der Waals surface area contributed by atoms with Crippen LogP contribution in [-0.4, -0.2) is 51.2 Å². The number of piperazine rings is 1. The highest BCUT2D eigenvalue weighted by Gasteiger charge is 2.22. The van der Waals surface area contributed by atoms with Gasteiger partial charge in [-0.1, -0.05) is 23.7 Å². The smallest absolute Gasteiger partial charge is 0.249 e. The van der Waals surface area contributed by atoms with Gasteiger partial charge in [-0.25, -0.2) is 0 Å². The molecule has 1 heterocycles. The van der Waals surface area contributed by atoms with Gasteiger partial charge in [0.1, 0.15) is 0 Å². The van der Waals surface area contributed by atoms with Crippen LogP contribution in [0.2, 0.25) is 5.02 Å². The quantitative estimate of drug-likeness (QED) is 0.708. The lowest BCUT2D eigenvalue weighted by molar-refractivity contribution is -0.127. The van der Waals surface area contributed by atoms with Gasteiger partial charge in [0.05, 0.1) is 14.2 Å². The van der Waals surface area contributed by atoms with Crippen LogP contribution < -0.4 is 14.4 Å². The molecule has 1 aliphatic rings. The minimum absolute atomic E-state index is 0.0560. The number of amides is 1. The van der Waals surface area contributed by atoms with Gasteiger partial charge in [-0.05, 0) is 48.9 Å². The molecule has 148 valence electrons. The molecule has 0 saturated carbocycles. The zero-order valence-electron chi connectivity index (χ0n) is 16.4. The summed E-state index contributed by atoms with van der Waals surface area (Å²) in [5.41, 5.74) is 2.70. The molecule has 0 N–H and O–H groups in total. The summed E-state index contributed by atoms with van der Waals surface area (Å²) in [5, 5.41) is 0.727. The topological polar surface area (TPSA) is 42.0 Å². The fourth-order valence-electron chi connectivity index (χ4n) is 3.34. The van der Waals surface area contributed by atoms with Crippen LogP contribution >= 0.6 is 11.6 Å². The van der Waals surface area contributed by atoms with E-state index >= 15 is 0 Å². The Hall–Kier alpha value is -2.66. The number of methoxy groups -OCH3 is 2. The van der Waals surface area contributed by atoms with E-state index in [2.05, 4.69) is 4.90 Å². The summed E-state index contributed by atoms with van der Waals surface area (Å²) in [5.74, 6) is 1.37. The Balaban J connectivity index is 1.65.